The maximum absolute atomic E-state index is 11.1. The second-order valence-corrected chi connectivity index (χ2v) is 3.49. The Hall–Kier alpha value is -0.790. The van der Waals surface area contributed by atoms with Gasteiger partial charge in [-0.25, -0.2) is 4.79 Å². The quantitative estimate of drug-likeness (QED) is 0.339. The molecular formula is C12H22O2. The van der Waals surface area contributed by atoms with Crippen molar-refractivity contribution in [2.75, 3.05) is 6.61 Å². The molecule has 2 heteroatoms. The molecule has 0 saturated heterocycles. The fourth-order valence-corrected chi connectivity index (χ4v) is 1.28. The normalized spacial score (nSPS) is 9.86. The maximum atomic E-state index is 11.1. The summed E-state index contributed by atoms with van der Waals surface area (Å²) < 4.78 is 4.84. The third-order valence-electron chi connectivity index (χ3n) is 2.15. The monoisotopic (exact) mass is 198 g/mol. The van der Waals surface area contributed by atoms with Crippen LogP contribution < -0.4 is 0 Å². The van der Waals surface area contributed by atoms with Crippen LogP contribution in [0.1, 0.15) is 52.4 Å². The Morgan fingerprint density at radius 2 is 1.79 bits per heavy atom. The van der Waals surface area contributed by atoms with Crippen molar-refractivity contribution in [3.63, 3.8) is 0 Å². The molecule has 0 saturated carbocycles. The summed E-state index contributed by atoms with van der Waals surface area (Å²) in [4.78, 5) is 11.1. The molecular weight excluding hydrogens is 176 g/mol. The smallest absolute Gasteiger partial charge is 0.333 e. The number of esters is 1. The van der Waals surface area contributed by atoms with E-state index in [0.29, 0.717) is 12.2 Å². The van der Waals surface area contributed by atoms with E-state index in [-0.39, 0.29) is 5.97 Å². The highest BCUT2D eigenvalue weighted by Crippen LogP contribution is 2.10. The van der Waals surface area contributed by atoms with Gasteiger partial charge >= 0.3 is 5.97 Å². The molecule has 0 amide bonds. The average Bonchev–Trinajstić information content (AvgIpc) is 2.17. The van der Waals surface area contributed by atoms with Crippen molar-refractivity contribution in [3.05, 3.63) is 12.2 Å². The van der Waals surface area contributed by atoms with E-state index in [1.807, 2.05) is 6.92 Å². The van der Waals surface area contributed by atoms with Crippen LogP contribution in [0.25, 0.3) is 0 Å². The summed E-state index contributed by atoms with van der Waals surface area (Å²) in [6, 6.07) is 0. The van der Waals surface area contributed by atoms with Gasteiger partial charge in [0.1, 0.15) is 0 Å². The second kappa shape index (κ2) is 8.79. The minimum Gasteiger partial charge on any atom is -0.463 e. The van der Waals surface area contributed by atoms with E-state index in [0.717, 1.165) is 12.8 Å². The highest BCUT2D eigenvalue weighted by atomic mass is 16.5. The lowest BCUT2D eigenvalue weighted by Gasteiger charge is -2.04. The molecule has 0 atom stereocenters. The van der Waals surface area contributed by atoms with E-state index in [2.05, 4.69) is 13.5 Å². The molecule has 0 fully saturated rings. The molecule has 0 aromatic carbocycles. The number of hydrogen-bond donors (Lipinski definition) is 0. The number of carbonyl (C=O) groups excluding carboxylic acids is 1. The van der Waals surface area contributed by atoms with Crippen LogP contribution in [-0.2, 0) is 9.53 Å². The SMILES string of the molecule is C=C(CCCCCCC)C(=O)OCC. The minimum atomic E-state index is -0.233. The molecule has 0 aromatic heterocycles. The van der Waals surface area contributed by atoms with E-state index in [4.69, 9.17) is 4.74 Å². The van der Waals surface area contributed by atoms with Crippen LogP contribution in [0.3, 0.4) is 0 Å². The standard InChI is InChI=1S/C12H22O2/c1-4-6-7-8-9-10-11(3)12(13)14-5-2/h3-10H2,1-2H3. The van der Waals surface area contributed by atoms with Crippen molar-refractivity contribution >= 4 is 5.97 Å². The first-order valence-corrected chi connectivity index (χ1v) is 5.57. The molecule has 0 radical (unpaired) electrons. The van der Waals surface area contributed by atoms with Crippen LogP contribution in [0.4, 0.5) is 0 Å². The molecule has 0 aliphatic carbocycles. The molecule has 0 unspecified atom stereocenters. The van der Waals surface area contributed by atoms with E-state index in [1.165, 1.54) is 25.7 Å². The summed E-state index contributed by atoms with van der Waals surface area (Å²) >= 11 is 0. The molecule has 0 aliphatic rings. The Bertz CT molecular complexity index is 173. The minimum absolute atomic E-state index is 0.233. The molecule has 0 spiro atoms. The van der Waals surface area contributed by atoms with Crippen LogP contribution >= 0.6 is 0 Å². The summed E-state index contributed by atoms with van der Waals surface area (Å²) in [7, 11) is 0. The van der Waals surface area contributed by atoms with Crippen molar-refractivity contribution < 1.29 is 9.53 Å². The first-order valence-electron chi connectivity index (χ1n) is 5.57. The zero-order valence-electron chi connectivity index (χ0n) is 9.47. The number of rotatable bonds is 8. The average molecular weight is 198 g/mol. The van der Waals surface area contributed by atoms with Crippen LogP contribution in [0.2, 0.25) is 0 Å². The zero-order valence-corrected chi connectivity index (χ0v) is 9.47. The fraction of sp³-hybridized carbons (Fsp3) is 0.750. The van der Waals surface area contributed by atoms with Gasteiger partial charge in [0, 0.05) is 5.57 Å². The van der Waals surface area contributed by atoms with Gasteiger partial charge in [-0.1, -0.05) is 39.2 Å². The topological polar surface area (TPSA) is 26.3 Å². The summed E-state index contributed by atoms with van der Waals surface area (Å²) in [5, 5.41) is 0. The zero-order chi connectivity index (χ0) is 10.8. The second-order valence-electron chi connectivity index (χ2n) is 3.49. The Morgan fingerprint density at radius 3 is 2.36 bits per heavy atom. The van der Waals surface area contributed by atoms with E-state index in [9.17, 15) is 4.79 Å². The van der Waals surface area contributed by atoms with Gasteiger partial charge in [0.15, 0.2) is 0 Å². The molecule has 0 aromatic rings. The number of unbranched alkanes of at least 4 members (excludes halogenated alkanes) is 4. The third-order valence-corrected chi connectivity index (χ3v) is 2.15. The van der Waals surface area contributed by atoms with Gasteiger partial charge in [-0.3, -0.25) is 0 Å². The van der Waals surface area contributed by atoms with Gasteiger partial charge in [0.25, 0.3) is 0 Å². The van der Waals surface area contributed by atoms with E-state index < -0.39 is 0 Å². The number of ether oxygens (including phenoxy) is 1. The molecule has 0 N–H and O–H groups in total. The van der Waals surface area contributed by atoms with Crippen molar-refractivity contribution in [1.29, 1.82) is 0 Å². The maximum Gasteiger partial charge on any atom is 0.333 e. The molecule has 2 nitrogen and oxygen atoms in total. The van der Waals surface area contributed by atoms with Crippen LogP contribution in [0.5, 0.6) is 0 Å². The first-order chi connectivity index (χ1) is 6.72. The molecule has 0 rings (SSSR count). The van der Waals surface area contributed by atoms with Crippen LogP contribution in [0.15, 0.2) is 12.2 Å². The molecule has 0 heterocycles. The van der Waals surface area contributed by atoms with Crippen LogP contribution in [0, 0.1) is 0 Å². The van der Waals surface area contributed by atoms with E-state index in [1.54, 1.807) is 0 Å². The Kier molecular flexibility index (Phi) is 8.30. The first kappa shape index (κ1) is 13.2. The molecule has 14 heavy (non-hydrogen) atoms. The Labute approximate surface area is 87.3 Å². The third kappa shape index (κ3) is 6.70. The summed E-state index contributed by atoms with van der Waals surface area (Å²) in [5.74, 6) is -0.233. The van der Waals surface area contributed by atoms with Crippen molar-refractivity contribution in [2.24, 2.45) is 0 Å². The summed E-state index contributed by atoms with van der Waals surface area (Å²) in [6.07, 6.45) is 6.81. The highest BCUT2D eigenvalue weighted by Gasteiger charge is 2.06. The van der Waals surface area contributed by atoms with Gasteiger partial charge in [-0.15, -0.1) is 0 Å². The Balaban J connectivity index is 3.39. The predicted molar refractivity (Wildman–Crippen MR) is 59.1 cm³/mol. The fourth-order valence-electron chi connectivity index (χ4n) is 1.28. The molecule has 0 bridgehead atoms. The molecule has 82 valence electrons. The predicted octanol–water partition coefficient (Wildman–Crippen LogP) is 3.47. The largest absolute Gasteiger partial charge is 0.463 e. The lowest BCUT2D eigenvalue weighted by molar-refractivity contribution is -0.138. The van der Waals surface area contributed by atoms with Crippen molar-refractivity contribution in [2.45, 2.75) is 52.4 Å². The van der Waals surface area contributed by atoms with Crippen molar-refractivity contribution in [1.82, 2.24) is 0 Å². The van der Waals surface area contributed by atoms with Crippen LogP contribution in [-0.4, -0.2) is 12.6 Å². The van der Waals surface area contributed by atoms with Gasteiger partial charge in [0.05, 0.1) is 6.61 Å². The van der Waals surface area contributed by atoms with Gasteiger partial charge in [0.2, 0.25) is 0 Å². The van der Waals surface area contributed by atoms with Gasteiger partial charge in [-0.2, -0.15) is 0 Å². The number of hydrogen-bond acceptors (Lipinski definition) is 2. The van der Waals surface area contributed by atoms with E-state index >= 15 is 0 Å². The van der Waals surface area contributed by atoms with Gasteiger partial charge in [-0.05, 0) is 19.8 Å². The highest BCUT2D eigenvalue weighted by molar-refractivity contribution is 5.87. The Morgan fingerprint density at radius 1 is 1.14 bits per heavy atom. The summed E-state index contributed by atoms with van der Waals surface area (Å²) in [6.45, 7) is 8.16. The number of carbonyl (C=O) groups is 1. The summed E-state index contributed by atoms with van der Waals surface area (Å²) in [5.41, 5.74) is 0.614. The lowest BCUT2D eigenvalue weighted by Crippen LogP contribution is -2.06. The lowest BCUT2D eigenvalue weighted by atomic mass is 10.1. The van der Waals surface area contributed by atoms with Gasteiger partial charge < -0.3 is 4.74 Å². The van der Waals surface area contributed by atoms with Crippen molar-refractivity contribution in [3.8, 4) is 0 Å². The molecule has 0 aliphatic heterocycles.